The predicted molar refractivity (Wildman–Crippen MR) is 44.0 cm³/mol. The highest BCUT2D eigenvalue weighted by Gasteiger charge is 2.24. The van der Waals surface area contributed by atoms with Crippen molar-refractivity contribution in [2.75, 3.05) is 19.8 Å². The molecule has 2 rings (SSSR count). The van der Waals surface area contributed by atoms with E-state index in [1.54, 1.807) is 0 Å². The molecule has 0 spiro atoms. The van der Waals surface area contributed by atoms with Crippen LogP contribution in [0.2, 0.25) is 0 Å². The minimum absolute atomic E-state index is 0.0245. The molecule has 1 saturated heterocycles. The molecular formula is C8H12N2O2. The van der Waals surface area contributed by atoms with Gasteiger partial charge in [-0.15, -0.1) is 0 Å². The number of aliphatic imine (C=N–C) groups is 1. The molecule has 2 aliphatic heterocycles. The van der Waals surface area contributed by atoms with Gasteiger partial charge in [-0.25, -0.2) is 0 Å². The molecule has 1 amide bonds. The molecule has 66 valence electrons. The lowest BCUT2D eigenvalue weighted by atomic mass is 9.99. The predicted octanol–water partition coefficient (Wildman–Crippen LogP) is -0.0587. The number of hydrogen-bond donors (Lipinski definition) is 1. The molecule has 0 aromatic carbocycles. The third-order valence-corrected chi connectivity index (χ3v) is 2.27. The summed E-state index contributed by atoms with van der Waals surface area (Å²) in [6.45, 7) is 1.89. The minimum Gasteiger partial charge on any atom is -0.381 e. The molecule has 0 atom stereocenters. The standard InChI is InChI=1S/C8H12N2O2/c11-7-5-9-8(10-7)6-1-3-12-4-2-6/h6H,1-5H2,(H,9,10,11). The van der Waals surface area contributed by atoms with Crippen LogP contribution in [0.1, 0.15) is 12.8 Å². The summed E-state index contributed by atoms with van der Waals surface area (Å²) in [5, 5.41) is 2.78. The van der Waals surface area contributed by atoms with E-state index in [0.717, 1.165) is 31.9 Å². The van der Waals surface area contributed by atoms with E-state index in [1.807, 2.05) is 0 Å². The van der Waals surface area contributed by atoms with Crippen LogP contribution in [0.3, 0.4) is 0 Å². The van der Waals surface area contributed by atoms with Gasteiger partial charge < -0.3 is 10.1 Å². The molecule has 12 heavy (non-hydrogen) atoms. The van der Waals surface area contributed by atoms with Crippen LogP contribution in [0.15, 0.2) is 4.99 Å². The van der Waals surface area contributed by atoms with E-state index in [9.17, 15) is 4.79 Å². The molecule has 2 heterocycles. The van der Waals surface area contributed by atoms with Gasteiger partial charge in [0.25, 0.3) is 0 Å². The third kappa shape index (κ3) is 1.48. The Morgan fingerprint density at radius 1 is 1.42 bits per heavy atom. The largest absolute Gasteiger partial charge is 0.381 e. The first-order valence-electron chi connectivity index (χ1n) is 4.28. The highest BCUT2D eigenvalue weighted by Crippen LogP contribution is 2.16. The molecule has 2 aliphatic rings. The molecule has 0 bridgehead atoms. The van der Waals surface area contributed by atoms with Crippen LogP contribution in [0.5, 0.6) is 0 Å². The highest BCUT2D eigenvalue weighted by atomic mass is 16.5. The molecular weight excluding hydrogens is 156 g/mol. The van der Waals surface area contributed by atoms with E-state index in [0.29, 0.717) is 12.5 Å². The van der Waals surface area contributed by atoms with E-state index in [2.05, 4.69) is 10.3 Å². The summed E-state index contributed by atoms with van der Waals surface area (Å²) in [5.41, 5.74) is 0. The van der Waals surface area contributed by atoms with Gasteiger partial charge in [-0.05, 0) is 12.8 Å². The SMILES string of the molecule is O=C1CN=C(C2CCOCC2)N1. The first-order valence-corrected chi connectivity index (χ1v) is 4.28. The number of ether oxygens (including phenoxy) is 1. The number of nitrogens with one attached hydrogen (secondary N) is 1. The molecule has 0 aromatic rings. The molecule has 0 unspecified atom stereocenters. The Labute approximate surface area is 71.0 Å². The van der Waals surface area contributed by atoms with Crippen molar-refractivity contribution in [1.82, 2.24) is 5.32 Å². The van der Waals surface area contributed by atoms with Crippen molar-refractivity contribution in [3.8, 4) is 0 Å². The zero-order valence-corrected chi connectivity index (χ0v) is 6.88. The van der Waals surface area contributed by atoms with Gasteiger partial charge in [0.05, 0.1) is 0 Å². The number of hydrogen-bond acceptors (Lipinski definition) is 3. The summed E-state index contributed by atoms with van der Waals surface area (Å²) < 4.78 is 5.22. The lowest BCUT2D eigenvalue weighted by Crippen LogP contribution is -2.33. The van der Waals surface area contributed by atoms with Gasteiger partial charge in [0.2, 0.25) is 5.91 Å². The van der Waals surface area contributed by atoms with Gasteiger partial charge in [-0.3, -0.25) is 9.79 Å². The molecule has 0 aromatic heterocycles. The Balaban J connectivity index is 1.95. The summed E-state index contributed by atoms with van der Waals surface area (Å²) in [4.78, 5) is 15.0. The van der Waals surface area contributed by atoms with Crippen LogP contribution in [0.25, 0.3) is 0 Å². The fourth-order valence-corrected chi connectivity index (χ4v) is 1.58. The number of nitrogens with zero attached hydrogens (tertiary/aromatic N) is 1. The Kier molecular flexibility index (Phi) is 2.08. The molecule has 1 fully saturated rings. The first kappa shape index (κ1) is 7.73. The Morgan fingerprint density at radius 2 is 2.17 bits per heavy atom. The summed E-state index contributed by atoms with van der Waals surface area (Å²) in [7, 11) is 0. The molecule has 4 nitrogen and oxygen atoms in total. The lowest BCUT2D eigenvalue weighted by molar-refractivity contribution is -0.117. The maximum atomic E-state index is 10.8. The second kappa shape index (κ2) is 3.23. The fourth-order valence-electron chi connectivity index (χ4n) is 1.58. The zero-order chi connectivity index (χ0) is 8.39. The van der Waals surface area contributed by atoms with E-state index in [-0.39, 0.29) is 5.91 Å². The molecule has 4 heteroatoms. The van der Waals surface area contributed by atoms with Gasteiger partial charge in [0.1, 0.15) is 12.4 Å². The number of amides is 1. The van der Waals surface area contributed by atoms with E-state index in [1.165, 1.54) is 0 Å². The second-order valence-electron chi connectivity index (χ2n) is 3.14. The summed E-state index contributed by atoms with van der Waals surface area (Å²) in [6, 6.07) is 0. The first-order chi connectivity index (χ1) is 5.86. The molecule has 0 radical (unpaired) electrons. The Morgan fingerprint density at radius 3 is 2.75 bits per heavy atom. The van der Waals surface area contributed by atoms with E-state index < -0.39 is 0 Å². The topological polar surface area (TPSA) is 50.7 Å². The summed E-state index contributed by atoms with van der Waals surface area (Å²) >= 11 is 0. The van der Waals surface area contributed by atoms with Crippen LogP contribution in [-0.4, -0.2) is 31.5 Å². The number of carbonyl (C=O) groups is 1. The Bertz CT molecular complexity index is 219. The van der Waals surface area contributed by atoms with Crippen LogP contribution in [0.4, 0.5) is 0 Å². The third-order valence-electron chi connectivity index (χ3n) is 2.27. The Hall–Kier alpha value is -0.900. The lowest BCUT2D eigenvalue weighted by Gasteiger charge is -2.21. The van der Waals surface area contributed by atoms with Crippen LogP contribution in [-0.2, 0) is 9.53 Å². The van der Waals surface area contributed by atoms with Crippen LogP contribution in [0, 0.1) is 5.92 Å². The average molecular weight is 168 g/mol. The van der Waals surface area contributed by atoms with E-state index in [4.69, 9.17) is 4.74 Å². The van der Waals surface area contributed by atoms with Gasteiger partial charge in [-0.2, -0.15) is 0 Å². The molecule has 0 saturated carbocycles. The van der Waals surface area contributed by atoms with Gasteiger partial charge in [-0.1, -0.05) is 0 Å². The van der Waals surface area contributed by atoms with Crippen molar-refractivity contribution in [3.05, 3.63) is 0 Å². The monoisotopic (exact) mass is 168 g/mol. The van der Waals surface area contributed by atoms with Crippen molar-refractivity contribution in [2.24, 2.45) is 10.9 Å². The average Bonchev–Trinajstić information content (AvgIpc) is 2.54. The number of carbonyl (C=O) groups excluding carboxylic acids is 1. The summed E-state index contributed by atoms with van der Waals surface area (Å²) in [6.07, 6.45) is 1.97. The van der Waals surface area contributed by atoms with Gasteiger partial charge in [0.15, 0.2) is 0 Å². The number of rotatable bonds is 1. The number of amidine groups is 1. The van der Waals surface area contributed by atoms with Crippen LogP contribution < -0.4 is 5.32 Å². The zero-order valence-electron chi connectivity index (χ0n) is 6.88. The summed E-state index contributed by atoms with van der Waals surface area (Å²) in [5.74, 6) is 1.32. The van der Waals surface area contributed by atoms with Gasteiger partial charge >= 0.3 is 0 Å². The highest BCUT2D eigenvalue weighted by molar-refractivity contribution is 6.04. The maximum Gasteiger partial charge on any atom is 0.247 e. The fraction of sp³-hybridized carbons (Fsp3) is 0.750. The molecule has 1 N–H and O–H groups in total. The van der Waals surface area contributed by atoms with E-state index >= 15 is 0 Å². The van der Waals surface area contributed by atoms with Crippen molar-refractivity contribution in [1.29, 1.82) is 0 Å². The van der Waals surface area contributed by atoms with Crippen molar-refractivity contribution < 1.29 is 9.53 Å². The normalized spacial score (nSPS) is 25.3. The quantitative estimate of drug-likeness (QED) is 0.596. The van der Waals surface area contributed by atoms with Gasteiger partial charge in [0, 0.05) is 19.1 Å². The minimum atomic E-state index is 0.0245. The van der Waals surface area contributed by atoms with Crippen LogP contribution >= 0.6 is 0 Å². The molecule has 0 aliphatic carbocycles. The van der Waals surface area contributed by atoms with Crippen molar-refractivity contribution in [3.63, 3.8) is 0 Å². The van der Waals surface area contributed by atoms with Crippen molar-refractivity contribution in [2.45, 2.75) is 12.8 Å². The second-order valence-corrected chi connectivity index (χ2v) is 3.14. The maximum absolute atomic E-state index is 10.8. The smallest absolute Gasteiger partial charge is 0.247 e. The van der Waals surface area contributed by atoms with Crippen molar-refractivity contribution >= 4 is 11.7 Å².